The number of para-hydroxylation sites is 2. The maximum Gasteiger partial charge on any atom is 0.320 e. The van der Waals surface area contributed by atoms with Gasteiger partial charge >= 0.3 is 6.03 Å². The van der Waals surface area contributed by atoms with Gasteiger partial charge < -0.3 is 20.0 Å². The SMILES string of the molecule is CCN(CC)C(=O)N1CCN(CC(=O)Nc2ccccc2N2CCCC2=O)CC1. The molecule has 2 fully saturated rings. The van der Waals surface area contributed by atoms with Gasteiger partial charge in [0.25, 0.3) is 0 Å². The Hall–Kier alpha value is -2.61. The van der Waals surface area contributed by atoms with Gasteiger partial charge in [0.15, 0.2) is 0 Å². The van der Waals surface area contributed by atoms with Crippen LogP contribution >= 0.6 is 0 Å². The first-order chi connectivity index (χ1) is 14.0. The van der Waals surface area contributed by atoms with Crippen LogP contribution in [0.2, 0.25) is 0 Å². The van der Waals surface area contributed by atoms with Crippen molar-refractivity contribution in [1.29, 1.82) is 0 Å². The first-order valence-corrected chi connectivity index (χ1v) is 10.5. The third kappa shape index (κ3) is 5.06. The number of amides is 4. The number of hydrogen-bond donors (Lipinski definition) is 1. The number of carbonyl (C=O) groups is 3. The molecule has 1 N–H and O–H groups in total. The number of rotatable bonds is 6. The molecule has 8 heteroatoms. The van der Waals surface area contributed by atoms with Gasteiger partial charge in [0.1, 0.15) is 0 Å². The number of piperazine rings is 1. The summed E-state index contributed by atoms with van der Waals surface area (Å²) in [4.78, 5) is 44.6. The molecule has 2 aliphatic rings. The first kappa shape index (κ1) is 21.1. The average Bonchev–Trinajstić information content (AvgIpc) is 3.15. The van der Waals surface area contributed by atoms with E-state index in [2.05, 4.69) is 10.2 Å². The fourth-order valence-corrected chi connectivity index (χ4v) is 3.90. The molecule has 0 radical (unpaired) electrons. The molecule has 0 bridgehead atoms. The molecule has 1 aromatic rings. The molecule has 2 aliphatic heterocycles. The van der Waals surface area contributed by atoms with Crippen LogP contribution in [0.1, 0.15) is 26.7 Å². The first-order valence-electron chi connectivity index (χ1n) is 10.5. The number of hydrogen-bond acceptors (Lipinski definition) is 4. The summed E-state index contributed by atoms with van der Waals surface area (Å²) in [6, 6.07) is 7.51. The lowest BCUT2D eigenvalue weighted by Crippen LogP contribution is -2.53. The van der Waals surface area contributed by atoms with Crippen LogP contribution in [-0.2, 0) is 9.59 Å². The molecule has 29 heavy (non-hydrogen) atoms. The van der Waals surface area contributed by atoms with Crippen LogP contribution in [-0.4, -0.2) is 84.9 Å². The minimum atomic E-state index is -0.104. The van der Waals surface area contributed by atoms with E-state index in [9.17, 15) is 14.4 Å². The average molecular weight is 402 g/mol. The summed E-state index contributed by atoms with van der Waals surface area (Å²) < 4.78 is 0. The van der Waals surface area contributed by atoms with Gasteiger partial charge in [0.05, 0.1) is 17.9 Å². The van der Waals surface area contributed by atoms with Crippen molar-refractivity contribution in [3.05, 3.63) is 24.3 Å². The highest BCUT2D eigenvalue weighted by molar-refractivity contribution is 6.02. The summed E-state index contributed by atoms with van der Waals surface area (Å²) in [7, 11) is 0. The van der Waals surface area contributed by atoms with Gasteiger partial charge in [-0.1, -0.05) is 12.1 Å². The van der Waals surface area contributed by atoms with Crippen LogP contribution in [0.15, 0.2) is 24.3 Å². The summed E-state index contributed by atoms with van der Waals surface area (Å²) >= 11 is 0. The second-order valence-corrected chi connectivity index (χ2v) is 7.43. The Morgan fingerprint density at radius 2 is 1.72 bits per heavy atom. The Morgan fingerprint density at radius 3 is 2.34 bits per heavy atom. The number of urea groups is 1. The van der Waals surface area contributed by atoms with E-state index in [1.807, 2.05) is 47.9 Å². The maximum atomic E-state index is 12.6. The van der Waals surface area contributed by atoms with Crippen molar-refractivity contribution in [2.45, 2.75) is 26.7 Å². The number of carbonyl (C=O) groups excluding carboxylic acids is 3. The minimum Gasteiger partial charge on any atom is -0.325 e. The van der Waals surface area contributed by atoms with Gasteiger partial charge in [-0.25, -0.2) is 4.79 Å². The van der Waals surface area contributed by atoms with Gasteiger partial charge in [-0.2, -0.15) is 0 Å². The summed E-state index contributed by atoms with van der Waals surface area (Å²) in [6.07, 6.45) is 1.40. The minimum absolute atomic E-state index is 0.0725. The summed E-state index contributed by atoms with van der Waals surface area (Å²) in [5.41, 5.74) is 1.43. The predicted molar refractivity (Wildman–Crippen MR) is 113 cm³/mol. The van der Waals surface area contributed by atoms with E-state index < -0.39 is 0 Å². The van der Waals surface area contributed by atoms with Crippen LogP contribution in [0.4, 0.5) is 16.2 Å². The molecule has 2 saturated heterocycles. The molecule has 3 rings (SSSR count). The molecule has 2 heterocycles. The molecule has 8 nitrogen and oxygen atoms in total. The van der Waals surface area contributed by atoms with Crippen molar-refractivity contribution in [2.24, 2.45) is 0 Å². The largest absolute Gasteiger partial charge is 0.325 e. The van der Waals surface area contributed by atoms with Crippen molar-refractivity contribution in [2.75, 3.05) is 62.6 Å². The molecule has 0 aromatic heterocycles. The van der Waals surface area contributed by atoms with Crippen LogP contribution in [0, 0.1) is 0 Å². The van der Waals surface area contributed by atoms with E-state index in [0.717, 1.165) is 12.1 Å². The zero-order valence-corrected chi connectivity index (χ0v) is 17.4. The Kier molecular flexibility index (Phi) is 7.09. The molecule has 1 aromatic carbocycles. The molecule has 0 spiro atoms. The fraction of sp³-hybridized carbons (Fsp3) is 0.571. The van der Waals surface area contributed by atoms with E-state index in [1.54, 1.807) is 4.90 Å². The quantitative estimate of drug-likeness (QED) is 0.789. The van der Waals surface area contributed by atoms with Crippen molar-refractivity contribution in [3.63, 3.8) is 0 Å². The monoisotopic (exact) mass is 401 g/mol. The van der Waals surface area contributed by atoms with Crippen LogP contribution < -0.4 is 10.2 Å². The van der Waals surface area contributed by atoms with E-state index in [-0.39, 0.29) is 24.4 Å². The number of nitrogens with one attached hydrogen (secondary N) is 1. The summed E-state index contributed by atoms with van der Waals surface area (Å²) in [5, 5.41) is 2.96. The van der Waals surface area contributed by atoms with E-state index >= 15 is 0 Å². The lowest BCUT2D eigenvalue weighted by atomic mass is 10.2. The number of nitrogens with zero attached hydrogens (tertiary/aromatic N) is 4. The molecular formula is C21H31N5O3. The smallest absolute Gasteiger partial charge is 0.320 e. The van der Waals surface area contributed by atoms with Crippen molar-refractivity contribution < 1.29 is 14.4 Å². The van der Waals surface area contributed by atoms with Crippen molar-refractivity contribution in [1.82, 2.24) is 14.7 Å². The Morgan fingerprint density at radius 1 is 1.03 bits per heavy atom. The Bertz CT molecular complexity index is 742. The maximum absolute atomic E-state index is 12.6. The van der Waals surface area contributed by atoms with Crippen LogP contribution in [0.5, 0.6) is 0 Å². The van der Waals surface area contributed by atoms with Gasteiger partial charge in [0.2, 0.25) is 11.8 Å². The highest BCUT2D eigenvalue weighted by Crippen LogP contribution is 2.29. The lowest BCUT2D eigenvalue weighted by Gasteiger charge is -2.36. The normalized spacial score (nSPS) is 17.5. The zero-order valence-electron chi connectivity index (χ0n) is 17.4. The van der Waals surface area contributed by atoms with Gasteiger partial charge in [-0.15, -0.1) is 0 Å². The second kappa shape index (κ2) is 9.73. The summed E-state index contributed by atoms with van der Waals surface area (Å²) in [5.74, 6) is -0.00620. The zero-order chi connectivity index (χ0) is 20.8. The molecule has 4 amide bonds. The van der Waals surface area contributed by atoms with Gasteiger partial charge in [-0.05, 0) is 32.4 Å². The van der Waals surface area contributed by atoms with Gasteiger partial charge in [0, 0.05) is 52.2 Å². The van der Waals surface area contributed by atoms with Crippen LogP contribution in [0.25, 0.3) is 0 Å². The lowest BCUT2D eigenvalue weighted by molar-refractivity contribution is -0.118. The van der Waals surface area contributed by atoms with Crippen LogP contribution in [0.3, 0.4) is 0 Å². The molecule has 0 unspecified atom stereocenters. The third-order valence-corrected chi connectivity index (χ3v) is 5.59. The Labute approximate surface area is 172 Å². The van der Waals surface area contributed by atoms with E-state index in [1.165, 1.54) is 0 Å². The molecule has 0 atom stereocenters. The topological polar surface area (TPSA) is 76.2 Å². The third-order valence-electron chi connectivity index (χ3n) is 5.59. The number of anilines is 2. The molecule has 158 valence electrons. The van der Waals surface area contributed by atoms with E-state index in [0.29, 0.717) is 57.9 Å². The standard InChI is InChI=1S/C21H31N5O3/c1-3-24(4-2)21(29)25-14-12-23(13-15-25)16-19(27)22-17-8-5-6-9-18(17)26-11-7-10-20(26)28/h5-6,8-9H,3-4,7,10-16H2,1-2H3,(H,22,27). The van der Waals surface area contributed by atoms with Crippen molar-refractivity contribution >= 4 is 29.2 Å². The Balaban J connectivity index is 1.53. The summed E-state index contributed by atoms with van der Waals surface area (Å²) in [6.45, 7) is 8.94. The highest BCUT2D eigenvalue weighted by atomic mass is 16.2. The highest BCUT2D eigenvalue weighted by Gasteiger charge is 2.26. The van der Waals surface area contributed by atoms with E-state index in [4.69, 9.17) is 0 Å². The second-order valence-electron chi connectivity index (χ2n) is 7.43. The fourth-order valence-electron chi connectivity index (χ4n) is 3.90. The predicted octanol–water partition coefficient (Wildman–Crippen LogP) is 1.83. The number of benzene rings is 1. The van der Waals surface area contributed by atoms with Gasteiger partial charge in [-0.3, -0.25) is 14.5 Å². The molecule has 0 aliphatic carbocycles. The molecule has 0 saturated carbocycles. The molecular weight excluding hydrogens is 370 g/mol. The van der Waals surface area contributed by atoms with Crippen molar-refractivity contribution in [3.8, 4) is 0 Å².